The van der Waals surface area contributed by atoms with E-state index in [9.17, 15) is 14.7 Å². The number of amides is 2. The second kappa shape index (κ2) is 10.6. The Kier molecular flexibility index (Phi) is 9.20. The van der Waals surface area contributed by atoms with E-state index in [1.807, 2.05) is 0 Å². The predicted molar refractivity (Wildman–Crippen MR) is 89.4 cm³/mol. The van der Waals surface area contributed by atoms with E-state index >= 15 is 0 Å². The Balaban J connectivity index is 2.08. The number of ether oxygens (including phenoxy) is 1. The van der Waals surface area contributed by atoms with Crippen molar-refractivity contribution in [3.8, 4) is 0 Å². The third kappa shape index (κ3) is 7.57. The summed E-state index contributed by atoms with van der Waals surface area (Å²) in [6.07, 6.45) is -0.268. The molecule has 140 valence electrons. The van der Waals surface area contributed by atoms with Crippen LogP contribution in [-0.2, 0) is 14.3 Å². The van der Waals surface area contributed by atoms with Gasteiger partial charge in [0.15, 0.2) is 0 Å². The zero-order chi connectivity index (χ0) is 18.0. The van der Waals surface area contributed by atoms with Crippen LogP contribution >= 0.6 is 0 Å². The van der Waals surface area contributed by atoms with Gasteiger partial charge in [0.05, 0.1) is 19.8 Å². The molecule has 0 saturated carbocycles. The topological polar surface area (TPSA) is 111 Å². The van der Waals surface area contributed by atoms with Crippen LogP contribution in [0.3, 0.4) is 0 Å². The molecule has 0 aliphatic carbocycles. The first-order valence-corrected chi connectivity index (χ1v) is 8.50. The number of nitrogens with zero attached hydrogens (tertiary/aromatic N) is 1. The van der Waals surface area contributed by atoms with Gasteiger partial charge in [-0.3, -0.25) is 14.5 Å². The first-order valence-electron chi connectivity index (χ1n) is 8.50. The molecule has 1 aliphatic rings. The molecular weight excluding hydrogens is 314 g/mol. The molecule has 24 heavy (non-hydrogen) atoms. The van der Waals surface area contributed by atoms with Crippen molar-refractivity contribution in [2.75, 3.05) is 52.5 Å². The third-order valence-electron chi connectivity index (χ3n) is 4.12. The third-order valence-corrected chi connectivity index (χ3v) is 4.12. The molecule has 1 heterocycles. The summed E-state index contributed by atoms with van der Waals surface area (Å²) in [6.45, 7) is 8.00. The number of aliphatic hydroxyl groups is 2. The van der Waals surface area contributed by atoms with Crippen LogP contribution in [0.5, 0.6) is 0 Å². The van der Waals surface area contributed by atoms with Gasteiger partial charge in [0.2, 0.25) is 11.8 Å². The van der Waals surface area contributed by atoms with Crippen LogP contribution in [-0.4, -0.2) is 85.6 Å². The maximum absolute atomic E-state index is 11.7. The number of carbonyl (C=O) groups excluding carboxylic acids is 2. The van der Waals surface area contributed by atoms with E-state index in [1.54, 1.807) is 13.8 Å². The molecule has 1 aliphatic heterocycles. The number of carbonyl (C=O) groups is 2. The Labute approximate surface area is 143 Å². The lowest BCUT2D eigenvalue weighted by Crippen LogP contribution is -2.46. The van der Waals surface area contributed by atoms with Crippen LogP contribution in [0.25, 0.3) is 0 Å². The molecule has 0 spiro atoms. The minimum atomic E-state index is -1.31. The van der Waals surface area contributed by atoms with Crippen LogP contribution < -0.4 is 10.6 Å². The summed E-state index contributed by atoms with van der Waals surface area (Å²) in [5, 5.41) is 24.3. The van der Waals surface area contributed by atoms with Crippen LogP contribution in [0.1, 0.15) is 26.7 Å². The van der Waals surface area contributed by atoms with E-state index in [-0.39, 0.29) is 25.5 Å². The van der Waals surface area contributed by atoms with Crippen molar-refractivity contribution in [2.24, 2.45) is 5.41 Å². The van der Waals surface area contributed by atoms with Crippen molar-refractivity contribution < 1.29 is 24.5 Å². The van der Waals surface area contributed by atoms with Gasteiger partial charge < -0.3 is 25.6 Å². The van der Waals surface area contributed by atoms with Crippen LogP contribution in [0.15, 0.2) is 0 Å². The minimum Gasteiger partial charge on any atom is -0.396 e. The highest BCUT2D eigenvalue weighted by molar-refractivity contribution is 5.82. The zero-order valence-electron chi connectivity index (χ0n) is 14.7. The van der Waals surface area contributed by atoms with Crippen LogP contribution in [0.2, 0.25) is 0 Å². The number of rotatable bonds is 10. The predicted octanol–water partition coefficient (Wildman–Crippen LogP) is -1.29. The van der Waals surface area contributed by atoms with Crippen molar-refractivity contribution in [3.05, 3.63) is 0 Å². The van der Waals surface area contributed by atoms with Gasteiger partial charge in [-0.1, -0.05) is 13.8 Å². The van der Waals surface area contributed by atoms with Crippen molar-refractivity contribution in [3.63, 3.8) is 0 Å². The molecule has 1 rings (SSSR count). The lowest BCUT2D eigenvalue weighted by molar-refractivity contribution is -0.137. The molecule has 0 aromatic carbocycles. The Morgan fingerprint density at radius 3 is 2.50 bits per heavy atom. The molecule has 0 aromatic rings. The second-order valence-electron chi connectivity index (χ2n) is 6.75. The maximum atomic E-state index is 11.7. The molecule has 0 aromatic heterocycles. The molecule has 0 radical (unpaired) electrons. The van der Waals surface area contributed by atoms with Gasteiger partial charge in [0, 0.05) is 38.0 Å². The Morgan fingerprint density at radius 1 is 1.21 bits per heavy atom. The fourth-order valence-electron chi connectivity index (χ4n) is 2.28. The molecule has 4 N–H and O–H groups in total. The summed E-state index contributed by atoms with van der Waals surface area (Å²) in [5.74, 6) is -0.706. The summed E-state index contributed by atoms with van der Waals surface area (Å²) >= 11 is 0. The molecule has 2 amide bonds. The molecule has 1 saturated heterocycles. The maximum Gasteiger partial charge on any atom is 0.249 e. The Bertz CT molecular complexity index is 397. The molecule has 1 fully saturated rings. The average molecular weight is 345 g/mol. The van der Waals surface area contributed by atoms with Crippen LogP contribution in [0.4, 0.5) is 0 Å². The summed E-state index contributed by atoms with van der Waals surface area (Å²) in [7, 11) is 0. The van der Waals surface area contributed by atoms with E-state index in [0.29, 0.717) is 6.54 Å². The van der Waals surface area contributed by atoms with E-state index in [2.05, 4.69) is 15.5 Å². The van der Waals surface area contributed by atoms with Gasteiger partial charge in [-0.05, 0) is 13.0 Å². The first kappa shape index (κ1) is 20.8. The largest absolute Gasteiger partial charge is 0.396 e. The quantitative estimate of drug-likeness (QED) is 0.367. The summed E-state index contributed by atoms with van der Waals surface area (Å²) in [4.78, 5) is 25.8. The standard InChI is InChI=1S/C16H31N3O5/c1-16(2,12-20)14(22)15(23)18-6-4-13(21)17-5-3-7-19-8-10-24-11-9-19/h14,20,22H,3-12H2,1-2H3,(H,17,21)(H,18,23)/t14-/m0/s1. The average Bonchev–Trinajstić information content (AvgIpc) is 2.58. The number of hydrogen-bond acceptors (Lipinski definition) is 6. The van der Waals surface area contributed by atoms with Crippen molar-refractivity contribution in [1.29, 1.82) is 0 Å². The fraction of sp³-hybridized carbons (Fsp3) is 0.875. The lowest BCUT2D eigenvalue weighted by atomic mass is 9.87. The molecule has 0 bridgehead atoms. The Hall–Kier alpha value is -1.22. The number of hydrogen-bond donors (Lipinski definition) is 4. The van der Waals surface area contributed by atoms with Crippen molar-refractivity contribution in [2.45, 2.75) is 32.8 Å². The highest BCUT2D eigenvalue weighted by Crippen LogP contribution is 2.19. The van der Waals surface area contributed by atoms with E-state index in [1.165, 1.54) is 0 Å². The summed E-state index contributed by atoms with van der Waals surface area (Å²) in [6, 6.07) is 0. The number of aliphatic hydroxyl groups excluding tert-OH is 2. The highest BCUT2D eigenvalue weighted by Gasteiger charge is 2.32. The van der Waals surface area contributed by atoms with Crippen LogP contribution in [0, 0.1) is 5.41 Å². The molecule has 8 heteroatoms. The fourth-order valence-corrected chi connectivity index (χ4v) is 2.28. The van der Waals surface area contributed by atoms with Gasteiger partial charge in [-0.25, -0.2) is 0 Å². The molecule has 8 nitrogen and oxygen atoms in total. The monoisotopic (exact) mass is 345 g/mol. The minimum absolute atomic E-state index is 0.131. The summed E-state index contributed by atoms with van der Waals surface area (Å²) in [5.41, 5.74) is -0.911. The lowest BCUT2D eigenvalue weighted by Gasteiger charge is -2.27. The Morgan fingerprint density at radius 2 is 1.88 bits per heavy atom. The molecule has 0 unspecified atom stereocenters. The zero-order valence-corrected chi connectivity index (χ0v) is 14.7. The van der Waals surface area contributed by atoms with E-state index in [0.717, 1.165) is 39.3 Å². The smallest absolute Gasteiger partial charge is 0.249 e. The van der Waals surface area contributed by atoms with E-state index < -0.39 is 17.4 Å². The summed E-state index contributed by atoms with van der Waals surface area (Å²) < 4.78 is 5.28. The first-order chi connectivity index (χ1) is 11.4. The number of morpholine rings is 1. The van der Waals surface area contributed by atoms with Crippen molar-refractivity contribution >= 4 is 11.8 Å². The highest BCUT2D eigenvalue weighted by atomic mass is 16.5. The molecular formula is C16H31N3O5. The van der Waals surface area contributed by atoms with Gasteiger partial charge >= 0.3 is 0 Å². The van der Waals surface area contributed by atoms with E-state index in [4.69, 9.17) is 9.84 Å². The second-order valence-corrected chi connectivity index (χ2v) is 6.75. The van der Waals surface area contributed by atoms with Gasteiger partial charge in [-0.2, -0.15) is 0 Å². The van der Waals surface area contributed by atoms with Gasteiger partial charge in [0.25, 0.3) is 0 Å². The van der Waals surface area contributed by atoms with Gasteiger partial charge in [0.1, 0.15) is 6.10 Å². The number of nitrogens with one attached hydrogen (secondary N) is 2. The van der Waals surface area contributed by atoms with Crippen molar-refractivity contribution in [1.82, 2.24) is 15.5 Å². The molecule has 1 atom stereocenters. The SMILES string of the molecule is CC(C)(CO)[C@@H](O)C(=O)NCCC(=O)NCCCN1CCOCC1. The normalized spacial score (nSPS) is 17.3. The van der Waals surface area contributed by atoms with Gasteiger partial charge in [-0.15, -0.1) is 0 Å².